The Labute approximate surface area is 118 Å². The minimum atomic E-state index is -0.649. The summed E-state index contributed by atoms with van der Waals surface area (Å²) >= 11 is 3.31. The average molecular weight is 325 g/mol. The number of hydrogen-bond donors (Lipinski definition) is 2. The maximum Gasteiger partial charge on any atom is 0.252 e. The van der Waals surface area contributed by atoms with E-state index in [9.17, 15) is 14.4 Å². The Morgan fingerprint density at radius 2 is 2.16 bits per heavy atom. The fourth-order valence-corrected chi connectivity index (χ4v) is 2.27. The quantitative estimate of drug-likeness (QED) is 0.805. The summed E-state index contributed by atoms with van der Waals surface area (Å²) in [4.78, 5) is 34.7. The molecule has 1 unspecified atom stereocenters. The average Bonchev–Trinajstić information content (AvgIpc) is 2.35. The summed E-state index contributed by atoms with van der Waals surface area (Å²) in [5, 5.41) is 4.86. The van der Waals surface area contributed by atoms with Gasteiger partial charge >= 0.3 is 0 Å². The Bertz CT molecular complexity index is 557. The summed E-state index contributed by atoms with van der Waals surface area (Å²) < 4.78 is 0.798. The van der Waals surface area contributed by atoms with E-state index in [0.717, 1.165) is 10.0 Å². The maximum absolute atomic E-state index is 12.1. The molecule has 0 radical (unpaired) electrons. The molecule has 6 heteroatoms. The van der Waals surface area contributed by atoms with Crippen molar-refractivity contribution in [1.82, 2.24) is 10.6 Å². The summed E-state index contributed by atoms with van der Waals surface area (Å²) in [6.07, 6.45) is 0.581. The third-order valence-electron chi connectivity index (χ3n) is 2.99. The Morgan fingerprint density at radius 3 is 2.84 bits per heavy atom. The SMILES string of the molecule is Cc1ccc(Br)cc1C(=O)NC1CCC(=O)NC1=O. The Kier molecular flexibility index (Phi) is 3.99. The number of nitrogens with one attached hydrogen (secondary N) is 2. The molecule has 1 heterocycles. The number of benzene rings is 1. The van der Waals surface area contributed by atoms with E-state index in [1.54, 1.807) is 6.07 Å². The smallest absolute Gasteiger partial charge is 0.252 e. The monoisotopic (exact) mass is 324 g/mol. The second kappa shape index (κ2) is 5.52. The molecule has 2 N–H and O–H groups in total. The molecule has 2 rings (SSSR count). The predicted octanol–water partition coefficient (Wildman–Crippen LogP) is 1.29. The van der Waals surface area contributed by atoms with Crippen LogP contribution in [0.3, 0.4) is 0 Å². The fraction of sp³-hybridized carbons (Fsp3) is 0.308. The molecule has 1 aliphatic rings. The highest BCUT2D eigenvalue weighted by Gasteiger charge is 2.28. The van der Waals surface area contributed by atoms with Crippen LogP contribution in [0.5, 0.6) is 0 Å². The van der Waals surface area contributed by atoms with Gasteiger partial charge in [-0.2, -0.15) is 0 Å². The normalized spacial score (nSPS) is 18.9. The van der Waals surface area contributed by atoms with Crippen LogP contribution >= 0.6 is 15.9 Å². The van der Waals surface area contributed by atoms with Gasteiger partial charge in [0, 0.05) is 16.5 Å². The van der Waals surface area contributed by atoms with E-state index in [1.165, 1.54) is 0 Å². The van der Waals surface area contributed by atoms with E-state index in [4.69, 9.17) is 0 Å². The number of halogens is 1. The highest BCUT2D eigenvalue weighted by molar-refractivity contribution is 9.10. The number of hydrogen-bond acceptors (Lipinski definition) is 3. The maximum atomic E-state index is 12.1. The molecule has 0 saturated carbocycles. The molecule has 5 nitrogen and oxygen atoms in total. The van der Waals surface area contributed by atoms with Crippen molar-refractivity contribution in [3.8, 4) is 0 Å². The van der Waals surface area contributed by atoms with E-state index in [-0.39, 0.29) is 18.2 Å². The van der Waals surface area contributed by atoms with Crippen LogP contribution in [-0.2, 0) is 9.59 Å². The molecule has 19 heavy (non-hydrogen) atoms. The van der Waals surface area contributed by atoms with Gasteiger partial charge in [-0.3, -0.25) is 19.7 Å². The van der Waals surface area contributed by atoms with Crippen LogP contribution in [0.4, 0.5) is 0 Å². The van der Waals surface area contributed by atoms with Gasteiger partial charge in [-0.15, -0.1) is 0 Å². The molecule has 1 fully saturated rings. The van der Waals surface area contributed by atoms with E-state index in [1.807, 2.05) is 19.1 Å². The van der Waals surface area contributed by atoms with Crippen molar-refractivity contribution in [2.75, 3.05) is 0 Å². The first kappa shape index (κ1) is 13.7. The van der Waals surface area contributed by atoms with Crippen LogP contribution < -0.4 is 10.6 Å². The van der Waals surface area contributed by atoms with Gasteiger partial charge in [-0.1, -0.05) is 22.0 Å². The van der Waals surface area contributed by atoms with Gasteiger partial charge in [-0.25, -0.2) is 0 Å². The largest absolute Gasteiger partial charge is 0.340 e. The third kappa shape index (κ3) is 3.20. The lowest BCUT2D eigenvalue weighted by Crippen LogP contribution is -2.52. The Hall–Kier alpha value is -1.69. The molecule has 1 aromatic carbocycles. The fourth-order valence-electron chi connectivity index (χ4n) is 1.91. The van der Waals surface area contributed by atoms with Gasteiger partial charge < -0.3 is 5.32 Å². The molecule has 0 bridgehead atoms. The van der Waals surface area contributed by atoms with Gasteiger partial charge in [0.1, 0.15) is 6.04 Å². The van der Waals surface area contributed by atoms with Crippen LogP contribution in [0.2, 0.25) is 0 Å². The molecule has 100 valence electrons. The predicted molar refractivity (Wildman–Crippen MR) is 72.5 cm³/mol. The summed E-state index contributed by atoms with van der Waals surface area (Å²) in [7, 11) is 0. The first-order chi connectivity index (χ1) is 8.97. The summed E-state index contributed by atoms with van der Waals surface area (Å²) in [5.41, 5.74) is 1.34. The second-order valence-corrected chi connectivity index (χ2v) is 5.35. The van der Waals surface area contributed by atoms with E-state index in [2.05, 4.69) is 26.6 Å². The number of imide groups is 1. The summed E-state index contributed by atoms with van der Waals surface area (Å²) in [5.74, 6) is -1.06. The van der Waals surface area contributed by atoms with Crippen molar-refractivity contribution in [2.24, 2.45) is 0 Å². The molecular formula is C13H13BrN2O3. The number of carbonyl (C=O) groups excluding carboxylic acids is 3. The molecule has 1 aliphatic heterocycles. The van der Waals surface area contributed by atoms with Crippen molar-refractivity contribution >= 4 is 33.7 Å². The molecular weight excluding hydrogens is 312 g/mol. The van der Waals surface area contributed by atoms with Crippen molar-refractivity contribution in [2.45, 2.75) is 25.8 Å². The van der Waals surface area contributed by atoms with Gasteiger partial charge in [0.15, 0.2) is 0 Å². The highest BCUT2D eigenvalue weighted by atomic mass is 79.9. The lowest BCUT2D eigenvalue weighted by molar-refractivity contribution is -0.134. The Morgan fingerprint density at radius 1 is 1.42 bits per heavy atom. The van der Waals surface area contributed by atoms with Gasteiger partial charge in [0.05, 0.1) is 0 Å². The zero-order chi connectivity index (χ0) is 14.0. The first-order valence-electron chi connectivity index (χ1n) is 5.88. The number of rotatable bonds is 2. The number of aryl methyl sites for hydroxylation is 1. The zero-order valence-electron chi connectivity index (χ0n) is 10.3. The molecule has 3 amide bonds. The number of carbonyl (C=O) groups is 3. The molecule has 1 aromatic rings. The lowest BCUT2D eigenvalue weighted by atomic mass is 10.0. The molecule has 1 saturated heterocycles. The van der Waals surface area contributed by atoms with Crippen molar-refractivity contribution in [3.63, 3.8) is 0 Å². The van der Waals surface area contributed by atoms with Crippen molar-refractivity contribution in [1.29, 1.82) is 0 Å². The van der Waals surface area contributed by atoms with Crippen LogP contribution in [-0.4, -0.2) is 23.8 Å². The standard InChI is InChI=1S/C13H13BrN2O3/c1-7-2-3-8(14)6-9(7)12(18)15-10-4-5-11(17)16-13(10)19/h2-3,6,10H,4-5H2,1H3,(H,15,18)(H,16,17,19). The van der Waals surface area contributed by atoms with E-state index in [0.29, 0.717) is 12.0 Å². The summed E-state index contributed by atoms with van der Waals surface area (Å²) in [6.45, 7) is 1.83. The molecule has 1 atom stereocenters. The van der Waals surface area contributed by atoms with E-state index >= 15 is 0 Å². The summed E-state index contributed by atoms with van der Waals surface area (Å²) in [6, 6.07) is 4.72. The van der Waals surface area contributed by atoms with Gasteiger partial charge in [0.25, 0.3) is 5.91 Å². The minimum absolute atomic E-state index is 0.244. The first-order valence-corrected chi connectivity index (χ1v) is 6.67. The molecule has 0 spiro atoms. The van der Waals surface area contributed by atoms with Gasteiger partial charge in [0.2, 0.25) is 11.8 Å². The van der Waals surface area contributed by atoms with Crippen molar-refractivity contribution in [3.05, 3.63) is 33.8 Å². The third-order valence-corrected chi connectivity index (χ3v) is 3.48. The minimum Gasteiger partial charge on any atom is -0.340 e. The van der Waals surface area contributed by atoms with E-state index < -0.39 is 11.9 Å². The second-order valence-electron chi connectivity index (χ2n) is 4.44. The van der Waals surface area contributed by atoms with Crippen LogP contribution in [0.15, 0.2) is 22.7 Å². The Balaban J connectivity index is 2.11. The van der Waals surface area contributed by atoms with Crippen LogP contribution in [0.1, 0.15) is 28.8 Å². The van der Waals surface area contributed by atoms with Gasteiger partial charge in [-0.05, 0) is 31.0 Å². The zero-order valence-corrected chi connectivity index (χ0v) is 11.9. The topological polar surface area (TPSA) is 75.3 Å². The molecule has 0 aromatic heterocycles. The highest BCUT2D eigenvalue weighted by Crippen LogP contribution is 2.16. The lowest BCUT2D eigenvalue weighted by Gasteiger charge is -2.22. The number of piperidine rings is 1. The van der Waals surface area contributed by atoms with Crippen LogP contribution in [0, 0.1) is 6.92 Å². The molecule has 0 aliphatic carbocycles. The van der Waals surface area contributed by atoms with Crippen LogP contribution in [0.25, 0.3) is 0 Å². The van der Waals surface area contributed by atoms with Crippen molar-refractivity contribution < 1.29 is 14.4 Å². The number of amides is 3.